The molecule has 1 unspecified atom stereocenters. The van der Waals surface area contributed by atoms with Crippen LogP contribution in [0.1, 0.15) is 17.2 Å². The summed E-state index contributed by atoms with van der Waals surface area (Å²) in [6.07, 6.45) is 3.97. The fraction of sp³-hybridized carbons (Fsp3) is 0.154. The number of hydrogen-bond acceptors (Lipinski definition) is 2. The zero-order chi connectivity index (χ0) is 11.8. The molecule has 1 atom stereocenters. The standard InChI is InChI=1S/C13H10F2N2/c14-10-5-9-6-12(8-1-3-16-4-2-8)17-13(9)11(15)7-10/h1-5,7,12,17H,6H2. The molecule has 1 aliphatic rings. The summed E-state index contributed by atoms with van der Waals surface area (Å²) < 4.78 is 26.6. The SMILES string of the molecule is Fc1cc(F)c2c(c1)CC(c1ccncc1)N2. The van der Waals surface area contributed by atoms with E-state index in [0.29, 0.717) is 17.7 Å². The van der Waals surface area contributed by atoms with Crippen LogP contribution in [0.3, 0.4) is 0 Å². The van der Waals surface area contributed by atoms with Gasteiger partial charge >= 0.3 is 0 Å². The van der Waals surface area contributed by atoms with Gasteiger partial charge in [-0.3, -0.25) is 4.98 Å². The van der Waals surface area contributed by atoms with Crippen molar-refractivity contribution in [3.8, 4) is 0 Å². The molecule has 1 aromatic carbocycles. The Morgan fingerprint density at radius 3 is 2.71 bits per heavy atom. The normalized spacial score (nSPS) is 17.6. The van der Waals surface area contributed by atoms with Gasteiger partial charge in [0.15, 0.2) is 0 Å². The molecule has 0 fully saturated rings. The molecule has 2 nitrogen and oxygen atoms in total. The first-order chi connectivity index (χ1) is 8.24. The number of aromatic nitrogens is 1. The quantitative estimate of drug-likeness (QED) is 0.817. The van der Waals surface area contributed by atoms with E-state index in [1.165, 1.54) is 6.07 Å². The first kappa shape index (κ1) is 10.2. The van der Waals surface area contributed by atoms with Crippen molar-refractivity contribution in [3.63, 3.8) is 0 Å². The van der Waals surface area contributed by atoms with Crippen molar-refractivity contribution in [1.82, 2.24) is 4.98 Å². The summed E-state index contributed by atoms with van der Waals surface area (Å²) >= 11 is 0. The van der Waals surface area contributed by atoms with Gasteiger partial charge in [-0.05, 0) is 35.7 Å². The van der Waals surface area contributed by atoms with Gasteiger partial charge in [0.1, 0.15) is 11.6 Å². The number of hydrogen-bond donors (Lipinski definition) is 1. The van der Waals surface area contributed by atoms with Crippen LogP contribution in [-0.2, 0) is 6.42 Å². The van der Waals surface area contributed by atoms with Crippen molar-refractivity contribution in [2.24, 2.45) is 0 Å². The Morgan fingerprint density at radius 1 is 1.18 bits per heavy atom. The van der Waals surface area contributed by atoms with Gasteiger partial charge in [0, 0.05) is 18.5 Å². The molecular formula is C13H10F2N2. The molecule has 0 spiro atoms. The molecule has 86 valence electrons. The average molecular weight is 232 g/mol. The Hall–Kier alpha value is -1.97. The predicted octanol–water partition coefficient (Wildman–Crippen LogP) is 3.07. The number of pyridine rings is 1. The van der Waals surface area contributed by atoms with Crippen LogP contribution >= 0.6 is 0 Å². The van der Waals surface area contributed by atoms with Crippen LogP contribution < -0.4 is 5.32 Å². The summed E-state index contributed by atoms with van der Waals surface area (Å²) in [4.78, 5) is 3.94. The number of halogens is 2. The van der Waals surface area contributed by atoms with Gasteiger partial charge in [0.05, 0.1) is 11.7 Å². The number of rotatable bonds is 1. The molecule has 2 aromatic rings. The molecule has 1 aliphatic heterocycles. The highest BCUT2D eigenvalue weighted by Gasteiger charge is 2.25. The van der Waals surface area contributed by atoms with Crippen molar-refractivity contribution in [2.45, 2.75) is 12.5 Å². The predicted molar refractivity (Wildman–Crippen MR) is 60.7 cm³/mol. The van der Waals surface area contributed by atoms with Crippen molar-refractivity contribution < 1.29 is 8.78 Å². The summed E-state index contributed by atoms with van der Waals surface area (Å²) in [5.41, 5.74) is 2.12. The van der Waals surface area contributed by atoms with Crippen molar-refractivity contribution >= 4 is 5.69 Å². The largest absolute Gasteiger partial charge is 0.375 e. The fourth-order valence-electron chi connectivity index (χ4n) is 2.19. The Labute approximate surface area is 97.3 Å². The smallest absolute Gasteiger partial charge is 0.149 e. The maximum Gasteiger partial charge on any atom is 0.149 e. The molecule has 0 aliphatic carbocycles. The summed E-state index contributed by atoms with van der Waals surface area (Å²) in [7, 11) is 0. The van der Waals surface area contributed by atoms with E-state index < -0.39 is 11.6 Å². The second-order valence-corrected chi connectivity index (χ2v) is 4.10. The maximum atomic E-state index is 13.5. The van der Waals surface area contributed by atoms with Crippen LogP contribution in [0.4, 0.5) is 14.5 Å². The van der Waals surface area contributed by atoms with Gasteiger partial charge in [-0.25, -0.2) is 8.78 Å². The zero-order valence-electron chi connectivity index (χ0n) is 8.95. The highest BCUT2D eigenvalue weighted by atomic mass is 19.1. The molecule has 17 heavy (non-hydrogen) atoms. The van der Waals surface area contributed by atoms with Crippen LogP contribution in [0.5, 0.6) is 0 Å². The van der Waals surface area contributed by atoms with E-state index in [0.717, 1.165) is 11.6 Å². The monoisotopic (exact) mass is 232 g/mol. The number of fused-ring (bicyclic) bond motifs is 1. The Balaban J connectivity index is 1.96. The maximum absolute atomic E-state index is 13.5. The topological polar surface area (TPSA) is 24.9 Å². The lowest BCUT2D eigenvalue weighted by Crippen LogP contribution is -2.05. The lowest BCUT2D eigenvalue weighted by atomic mass is 10.0. The van der Waals surface area contributed by atoms with E-state index in [-0.39, 0.29) is 6.04 Å². The molecule has 0 saturated carbocycles. The summed E-state index contributed by atoms with van der Waals surface area (Å²) in [5.74, 6) is -1.06. The van der Waals surface area contributed by atoms with E-state index in [9.17, 15) is 8.78 Å². The van der Waals surface area contributed by atoms with Crippen LogP contribution in [0.2, 0.25) is 0 Å². The van der Waals surface area contributed by atoms with Gasteiger partial charge in [-0.15, -0.1) is 0 Å². The summed E-state index contributed by atoms with van der Waals surface area (Å²) in [5, 5.41) is 3.08. The van der Waals surface area contributed by atoms with Gasteiger partial charge in [-0.1, -0.05) is 0 Å². The third kappa shape index (κ3) is 1.75. The van der Waals surface area contributed by atoms with E-state index in [1.54, 1.807) is 12.4 Å². The minimum atomic E-state index is -0.531. The highest BCUT2D eigenvalue weighted by Crippen LogP contribution is 2.36. The second-order valence-electron chi connectivity index (χ2n) is 4.10. The molecular weight excluding hydrogens is 222 g/mol. The van der Waals surface area contributed by atoms with Crippen molar-refractivity contribution in [2.75, 3.05) is 5.32 Å². The number of nitrogens with zero attached hydrogens (tertiary/aromatic N) is 1. The molecule has 0 bridgehead atoms. The van der Waals surface area contributed by atoms with E-state index >= 15 is 0 Å². The summed E-state index contributed by atoms with van der Waals surface area (Å²) in [6.45, 7) is 0. The molecule has 1 N–H and O–H groups in total. The third-order valence-electron chi connectivity index (χ3n) is 2.99. The van der Waals surface area contributed by atoms with E-state index in [4.69, 9.17) is 0 Å². The number of anilines is 1. The molecule has 3 rings (SSSR count). The Morgan fingerprint density at radius 2 is 1.94 bits per heavy atom. The van der Waals surface area contributed by atoms with Gasteiger partial charge in [-0.2, -0.15) is 0 Å². The van der Waals surface area contributed by atoms with Crippen LogP contribution in [0.15, 0.2) is 36.7 Å². The van der Waals surface area contributed by atoms with Gasteiger partial charge < -0.3 is 5.32 Å². The second kappa shape index (κ2) is 3.80. The highest BCUT2D eigenvalue weighted by molar-refractivity contribution is 5.59. The minimum absolute atomic E-state index is 0.00991. The van der Waals surface area contributed by atoms with E-state index in [1.807, 2.05) is 12.1 Å². The first-order valence-electron chi connectivity index (χ1n) is 5.38. The van der Waals surface area contributed by atoms with Gasteiger partial charge in [0.2, 0.25) is 0 Å². The molecule has 0 amide bonds. The van der Waals surface area contributed by atoms with Crippen LogP contribution in [0, 0.1) is 11.6 Å². The third-order valence-corrected chi connectivity index (χ3v) is 2.99. The Kier molecular flexibility index (Phi) is 2.28. The molecule has 0 saturated heterocycles. The van der Waals surface area contributed by atoms with Crippen LogP contribution in [-0.4, -0.2) is 4.98 Å². The van der Waals surface area contributed by atoms with E-state index in [2.05, 4.69) is 10.3 Å². The van der Waals surface area contributed by atoms with Gasteiger partial charge in [0.25, 0.3) is 0 Å². The van der Waals surface area contributed by atoms with Crippen LogP contribution in [0.25, 0.3) is 0 Å². The average Bonchev–Trinajstić information content (AvgIpc) is 2.74. The first-order valence-corrected chi connectivity index (χ1v) is 5.38. The lowest BCUT2D eigenvalue weighted by molar-refractivity contribution is 0.585. The number of benzene rings is 1. The lowest BCUT2D eigenvalue weighted by Gasteiger charge is -2.10. The van der Waals surface area contributed by atoms with Crippen molar-refractivity contribution in [1.29, 1.82) is 0 Å². The van der Waals surface area contributed by atoms with Crippen molar-refractivity contribution in [3.05, 3.63) is 59.4 Å². The Bertz CT molecular complexity index is 555. The summed E-state index contributed by atoms with van der Waals surface area (Å²) in [6, 6.07) is 6.02. The zero-order valence-corrected chi connectivity index (χ0v) is 8.95. The molecule has 2 heterocycles. The molecule has 0 radical (unpaired) electrons. The minimum Gasteiger partial charge on any atom is -0.375 e. The molecule has 4 heteroatoms. The number of nitrogens with one attached hydrogen (secondary N) is 1. The fourth-order valence-corrected chi connectivity index (χ4v) is 2.19. The molecule has 1 aromatic heterocycles.